The van der Waals surface area contributed by atoms with Crippen molar-refractivity contribution in [1.29, 1.82) is 5.26 Å². The fraction of sp³-hybridized carbons (Fsp3) is 0.182. The van der Waals surface area contributed by atoms with Crippen molar-refractivity contribution in [2.24, 2.45) is 4.99 Å². The molecule has 1 aliphatic rings. The van der Waals surface area contributed by atoms with E-state index in [2.05, 4.69) is 15.6 Å². The van der Waals surface area contributed by atoms with Gasteiger partial charge in [-0.3, -0.25) is 9.59 Å². The van der Waals surface area contributed by atoms with Gasteiger partial charge in [-0.2, -0.15) is 5.26 Å². The van der Waals surface area contributed by atoms with E-state index in [1.807, 2.05) is 13.0 Å². The third-order valence-electron chi connectivity index (χ3n) is 4.40. The normalized spacial score (nSPS) is 13.8. The van der Waals surface area contributed by atoms with Crippen LogP contribution in [0.2, 0.25) is 5.02 Å². The Morgan fingerprint density at radius 3 is 2.48 bits per heavy atom. The Morgan fingerprint density at radius 2 is 1.79 bits per heavy atom. The molecule has 0 radical (unpaired) electrons. The van der Waals surface area contributed by atoms with E-state index in [0.29, 0.717) is 28.3 Å². The second kappa shape index (κ2) is 9.18. The Kier molecular flexibility index (Phi) is 6.43. The molecule has 3 rings (SSSR count). The molecular weight excluding hydrogens is 388 g/mol. The van der Waals surface area contributed by atoms with Crippen LogP contribution in [0.15, 0.2) is 59.1 Å². The number of amidine groups is 1. The molecule has 2 amide bonds. The number of aliphatic imine (C=N–C) groups is 1. The number of carbonyl (C=O) groups excluding carboxylic acids is 2. The summed E-state index contributed by atoms with van der Waals surface area (Å²) in [5.74, 6) is -0.626. The Balaban J connectivity index is 1.96. The highest BCUT2D eigenvalue weighted by Crippen LogP contribution is 2.30. The fourth-order valence-corrected chi connectivity index (χ4v) is 3.13. The van der Waals surface area contributed by atoms with Gasteiger partial charge in [0, 0.05) is 17.7 Å². The summed E-state index contributed by atoms with van der Waals surface area (Å²) in [5.41, 5.74) is 1.72. The quantitative estimate of drug-likeness (QED) is 0.450. The zero-order valence-electron chi connectivity index (χ0n) is 15.8. The number of nitrogens with one attached hydrogen (secondary N) is 2. The third-order valence-corrected chi connectivity index (χ3v) is 4.73. The van der Waals surface area contributed by atoms with Crippen LogP contribution in [0.1, 0.15) is 41.3 Å². The number of nitrogens with zero attached hydrogens (tertiary/aromatic N) is 2. The monoisotopic (exact) mass is 406 g/mol. The maximum Gasteiger partial charge on any atom is 0.264 e. The van der Waals surface area contributed by atoms with Crippen molar-refractivity contribution in [2.75, 3.05) is 6.54 Å². The first-order valence-corrected chi connectivity index (χ1v) is 9.61. The average Bonchev–Trinajstić information content (AvgIpc) is 3.07. The minimum Gasteiger partial charge on any atom is -0.351 e. The minimum atomic E-state index is -0.479. The molecule has 0 aliphatic carbocycles. The number of benzene rings is 2. The fourth-order valence-electron chi connectivity index (χ4n) is 2.91. The summed E-state index contributed by atoms with van der Waals surface area (Å²) < 4.78 is 0. The molecule has 1 heterocycles. The van der Waals surface area contributed by atoms with Gasteiger partial charge in [-0.05, 0) is 18.6 Å². The summed E-state index contributed by atoms with van der Waals surface area (Å²) in [7, 11) is 0. The molecule has 0 unspecified atom stereocenters. The van der Waals surface area contributed by atoms with Crippen molar-refractivity contribution in [3.8, 4) is 6.07 Å². The van der Waals surface area contributed by atoms with Crippen molar-refractivity contribution < 1.29 is 9.59 Å². The van der Waals surface area contributed by atoms with Crippen LogP contribution in [0, 0.1) is 11.3 Å². The van der Waals surface area contributed by atoms with Crippen LogP contribution in [-0.2, 0) is 4.79 Å². The van der Waals surface area contributed by atoms with E-state index in [1.54, 1.807) is 48.5 Å². The molecule has 0 bridgehead atoms. The van der Waals surface area contributed by atoms with Crippen LogP contribution in [0.3, 0.4) is 0 Å². The SMILES string of the molecule is CCCCNC(=O)C(C#N)=C1N=C(NC(=O)c2ccccc2Cl)c2ccccc21. The Labute approximate surface area is 173 Å². The van der Waals surface area contributed by atoms with Crippen molar-refractivity contribution in [3.05, 3.63) is 75.8 Å². The molecule has 0 saturated carbocycles. The predicted molar refractivity (Wildman–Crippen MR) is 112 cm³/mol. The molecule has 1 aliphatic heterocycles. The number of hydrogen-bond acceptors (Lipinski definition) is 4. The molecule has 146 valence electrons. The molecule has 0 spiro atoms. The highest BCUT2D eigenvalue weighted by Gasteiger charge is 2.27. The molecule has 2 aromatic rings. The summed E-state index contributed by atoms with van der Waals surface area (Å²) in [6.07, 6.45) is 1.75. The van der Waals surface area contributed by atoms with E-state index in [4.69, 9.17) is 11.6 Å². The van der Waals surface area contributed by atoms with Crippen LogP contribution >= 0.6 is 11.6 Å². The third kappa shape index (κ3) is 4.36. The molecule has 29 heavy (non-hydrogen) atoms. The van der Waals surface area contributed by atoms with E-state index < -0.39 is 11.8 Å². The van der Waals surface area contributed by atoms with Crippen LogP contribution in [0.25, 0.3) is 5.70 Å². The predicted octanol–water partition coefficient (Wildman–Crippen LogP) is 3.68. The number of unbranched alkanes of at least 4 members (excludes halogenated alkanes) is 1. The van der Waals surface area contributed by atoms with Crippen LogP contribution in [0.5, 0.6) is 0 Å². The number of amides is 2. The molecule has 0 fully saturated rings. The molecule has 0 atom stereocenters. The van der Waals surface area contributed by atoms with E-state index >= 15 is 0 Å². The lowest BCUT2D eigenvalue weighted by Gasteiger charge is -2.07. The van der Waals surface area contributed by atoms with Gasteiger partial charge in [-0.1, -0.05) is 61.3 Å². The number of fused-ring (bicyclic) bond motifs is 1. The highest BCUT2D eigenvalue weighted by atomic mass is 35.5. The van der Waals surface area contributed by atoms with Gasteiger partial charge >= 0.3 is 0 Å². The Morgan fingerprint density at radius 1 is 1.10 bits per heavy atom. The zero-order chi connectivity index (χ0) is 20.8. The van der Waals surface area contributed by atoms with Crippen molar-refractivity contribution >= 4 is 34.9 Å². The van der Waals surface area contributed by atoms with Gasteiger partial charge in [0.15, 0.2) is 0 Å². The van der Waals surface area contributed by atoms with Crippen molar-refractivity contribution in [3.63, 3.8) is 0 Å². The standard InChI is InChI=1S/C22H19ClN4O2/c1-2-3-12-25-21(28)17(13-24)19-14-8-4-5-9-15(14)20(26-19)27-22(29)16-10-6-7-11-18(16)23/h4-11H,2-3,12H2,1H3,(H,25,28)(H,26,27,29). The topological polar surface area (TPSA) is 94.3 Å². The summed E-state index contributed by atoms with van der Waals surface area (Å²) in [5, 5.41) is 15.4. The molecule has 7 heteroatoms. The van der Waals surface area contributed by atoms with Crippen molar-refractivity contribution in [1.82, 2.24) is 10.6 Å². The van der Waals surface area contributed by atoms with Gasteiger partial charge in [0.2, 0.25) is 0 Å². The van der Waals surface area contributed by atoms with E-state index in [0.717, 1.165) is 12.8 Å². The summed E-state index contributed by atoms with van der Waals surface area (Å²) in [6.45, 7) is 2.50. The summed E-state index contributed by atoms with van der Waals surface area (Å²) in [4.78, 5) is 29.5. The minimum absolute atomic E-state index is 0.0875. The molecule has 2 aromatic carbocycles. The van der Waals surface area contributed by atoms with Gasteiger partial charge in [-0.15, -0.1) is 0 Å². The van der Waals surface area contributed by atoms with Gasteiger partial charge in [0.1, 0.15) is 17.5 Å². The number of hydrogen-bond donors (Lipinski definition) is 2. The number of nitriles is 1. The van der Waals surface area contributed by atoms with Gasteiger partial charge in [0.25, 0.3) is 11.8 Å². The highest BCUT2D eigenvalue weighted by molar-refractivity contribution is 6.34. The second-order valence-electron chi connectivity index (χ2n) is 6.38. The van der Waals surface area contributed by atoms with Crippen LogP contribution in [-0.4, -0.2) is 24.2 Å². The Hall–Kier alpha value is -3.43. The molecule has 2 N–H and O–H groups in total. The largest absolute Gasteiger partial charge is 0.351 e. The van der Waals surface area contributed by atoms with Crippen LogP contribution < -0.4 is 10.6 Å². The van der Waals surface area contributed by atoms with Gasteiger partial charge < -0.3 is 10.6 Å². The van der Waals surface area contributed by atoms with Crippen molar-refractivity contribution in [2.45, 2.75) is 19.8 Å². The smallest absolute Gasteiger partial charge is 0.264 e. The van der Waals surface area contributed by atoms with Gasteiger partial charge in [0.05, 0.1) is 16.3 Å². The molecule has 6 nitrogen and oxygen atoms in total. The maximum atomic E-state index is 12.6. The number of rotatable bonds is 5. The van der Waals surface area contributed by atoms with E-state index in [-0.39, 0.29) is 17.1 Å². The van der Waals surface area contributed by atoms with Gasteiger partial charge in [-0.25, -0.2) is 4.99 Å². The molecular formula is C22H19ClN4O2. The lowest BCUT2D eigenvalue weighted by atomic mass is 10.0. The first kappa shape index (κ1) is 20.3. The number of carbonyl (C=O) groups is 2. The van der Waals surface area contributed by atoms with E-state index in [1.165, 1.54) is 0 Å². The average molecular weight is 407 g/mol. The lowest BCUT2D eigenvalue weighted by molar-refractivity contribution is -0.117. The zero-order valence-corrected chi connectivity index (χ0v) is 16.6. The summed E-state index contributed by atoms with van der Waals surface area (Å²) >= 11 is 6.10. The first-order valence-electron chi connectivity index (χ1n) is 9.23. The molecule has 0 saturated heterocycles. The second-order valence-corrected chi connectivity index (χ2v) is 6.79. The first-order chi connectivity index (χ1) is 14.1. The Bertz CT molecular complexity index is 1070. The van der Waals surface area contributed by atoms with Crippen LogP contribution in [0.4, 0.5) is 0 Å². The van der Waals surface area contributed by atoms with E-state index in [9.17, 15) is 14.9 Å². The number of halogens is 1. The molecule has 0 aromatic heterocycles. The summed E-state index contributed by atoms with van der Waals surface area (Å²) in [6, 6.07) is 15.8. The lowest BCUT2D eigenvalue weighted by Crippen LogP contribution is -2.30. The maximum absolute atomic E-state index is 12.6.